The molecule has 1 aliphatic heterocycles. The fourth-order valence-electron chi connectivity index (χ4n) is 8.60. The van der Waals surface area contributed by atoms with Crippen LogP contribution in [-0.2, 0) is 14.3 Å². The van der Waals surface area contributed by atoms with Crippen molar-refractivity contribution in [1.29, 1.82) is 0 Å². The van der Waals surface area contributed by atoms with E-state index in [9.17, 15) is 9.90 Å². The number of fused-ring (bicyclic) bond motifs is 5. The van der Waals surface area contributed by atoms with E-state index in [0.717, 1.165) is 24.8 Å². The standard InChI is InChI=1S/C30H39NO4/c1-18(32)25-11-12-26-22-10-7-20-16-30(34-13-14-35-30)27(33)15-23(20)28(22)24(17-29(25,26)2)19-5-8-21(9-6-19)31(3)4/h5-9,11,22-24,26-28,33H,10,12-17H2,1-4H3/t22-,23-,24+,26-,27?,28-,29+/m0/s1. The van der Waals surface area contributed by atoms with Gasteiger partial charge < -0.3 is 19.5 Å². The molecule has 1 N–H and O–H groups in total. The van der Waals surface area contributed by atoms with Crippen LogP contribution < -0.4 is 4.90 Å². The van der Waals surface area contributed by atoms with Gasteiger partial charge in [-0.05, 0) is 90.9 Å². The maximum Gasteiger partial charge on any atom is 0.198 e. The van der Waals surface area contributed by atoms with Gasteiger partial charge in [0.2, 0.25) is 0 Å². The number of anilines is 1. The number of benzene rings is 1. The number of Topliss-reactive ketones (excluding diaryl/α,β-unsaturated/α-hetero) is 1. The Labute approximate surface area is 209 Å². The van der Waals surface area contributed by atoms with Gasteiger partial charge in [-0.1, -0.05) is 36.8 Å². The molecular weight excluding hydrogens is 438 g/mol. The van der Waals surface area contributed by atoms with Gasteiger partial charge in [-0.15, -0.1) is 0 Å². The summed E-state index contributed by atoms with van der Waals surface area (Å²) in [4.78, 5) is 14.8. The predicted molar refractivity (Wildman–Crippen MR) is 136 cm³/mol. The maximum absolute atomic E-state index is 12.7. The van der Waals surface area contributed by atoms with Crippen molar-refractivity contribution in [2.24, 2.45) is 29.1 Å². The highest BCUT2D eigenvalue weighted by Crippen LogP contribution is 2.66. The zero-order valence-corrected chi connectivity index (χ0v) is 21.5. The van der Waals surface area contributed by atoms with Crippen LogP contribution in [0.15, 0.2) is 47.6 Å². The number of carbonyl (C=O) groups excluding carboxylic acids is 1. The van der Waals surface area contributed by atoms with Crippen molar-refractivity contribution in [2.45, 2.75) is 63.8 Å². The first-order chi connectivity index (χ1) is 16.7. The van der Waals surface area contributed by atoms with Crippen LogP contribution in [0.25, 0.3) is 0 Å². The second kappa shape index (κ2) is 8.29. The molecule has 1 aromatic carbocycles. The van der Waals surface area contributed by atoms with Gasteiger partial charge in [0, 0.05) is 26.2 Å². The van der Waals surface area contributed by atoms with Crippen molar-refractivity contribution in [3.8, 4) is 0 Å². The molecule has 6 rings (SSSR count). The van der Waals surface area contributed by atoms with Gasteiger partial charge in [0.25, 0.3) is 0 Å². The van der Waals surface area contributed by atoms with Crippen LogP contribution in [0.1, 0.15) is 57.4 Å². The van der Waals surface area contributed by atoms with Gasteiger partial charge in [-0.25, -0.2) is 0 Å². The molecular formula is C30H39NO4. The Kier molecular flexibility index (Phi) is 5.55. The third-order valence-electron chi connectivity index (χ3n) is 10.2. The molecule has 2 saturated carbocycles. The molecule has 0 radical (unpaired) electrons. The summed E-state index contributed by atoms with van der Waals surface area (Å²) in [6.07, 6.45) is 8.46. The largest absolute Gasteiger partial charge is 0.387 e. The Morgan fingerprint density at radius 1 is 1.06 bits per heavy atom. The Hall–Kier alpha value is -1.95. The number of carbonyl (C=O) groups is 1. The second-order valence-electron chi connectivity index (χ2n) is 12.0. The number of hydrogen-bond donors (Lipinski definition) is 1. The van der Waals surface area contributed by atoms with Crippen molar-refractivity contribution < 1.29 is 19.4 Å². The number of ether oxygens (including phenoxy) is 2. The van der Waals surface area contributed by atoms with Gasteiger partial charge >= 0.3 is 0 Å². The minimum absolute atomic E-state index is 0.0879. The van der Waals surface area contributed by atoms with Crippen LogP contribution in [0.4, 0.5) is 5.69 Å². The lowest BCUT2D eigenvalue weighted by molar-refractivity contribution is -0.236. The Balaban J connectivity index is 1.41. The molecule has 0 bridgehead atoms. The highest BCUT2D eigenvalue weighted by molar-refractivity contribution is 5.95. The molecule has 4 aliphatic carbocycles. The third kappa shape index (κ3) is 3.49. The minimum atomic E-state index is -0.849. The molecule has 0 aromatic heterocycles. The van der Waals surface area contributed by atoms with E-state index in [1.54, 1.807) is 6.92 Å². The molecule has 5 aliphatic rings. The first-order valence-electron chi connectivity index (χ1n) is 13.4. The van der Waals surface area contributed by atoms with E-state index in [4.69, 9.17) is 9.47 Å². The van der Waals surface area contributed by atoms with Crippen LogP contribution in [0.5, 0.6) is 0 Å². The first kappa shape index (κ1) is 23.4. The fourth-order valence-corrected chi connectivity index (χ4v) is 8.60. The topological polar surface area (TPSA) is 59.0 Å². The summed E-state index contributed by atoms with van der Waals surface area (Å²) in [6, 6.07) is 9.04. The molecule has 1 unspecified atom stereocenters. The van der Waals surface area contributed by atoms with Crippen molar-refractivity contribution in [3.63, 3.8) is 0 Å². The zero-order chi connectivity index (χ0) is 24.5. The quantitative estimate of drug-likeness (QED) is 0.630. The Morgan fingerprint density at radius 3 is 2.43 bits per heavy atom. The van der Waals surface area contributed by atoms with Crippen molar-refractivity contribution in [1.82, 2.24) is 0 Å². The van der Waals surface area contributed by atoms with Crippen LogP contribution in [0, 0.1) is 29.1 Å². The average molecular weight is 478 g/mol. The number of aliphatic hydroxyl groups excluding tert-OH is 1. The molecule has 5 nitrogen and oxygen atoms in total. The molecule has 1 saturated heterocycles. The monoisotopic (exact) mass is 477 g/mol. The van der Waals surface area contributed by atoms with Crippen LogP contribution in [-0.4, -0.2) is 50.1 Å². The molecule has 7 atom stereocenters. The molecule has 35 heavy (non-hydrogen) atoms. The Bertz CT molecular complexity index is 1070. The van der Waals surface area contributed by atoms with Crippen LogP contribution >= 0.6 is 0 Å². The molecule has 1 heterocycles. The first-order valence-corrected chi connectivity index (χ1v) is 13.4. The smallest absolute Gasteiger partial charge is 0.198 e. The summed E-state index contributed by atoms with van der Waals surface area (Å²) in [5.41, 5.74) is 4.93. The van der Waals surface area contributed by atoms with E-state index in [1.807, 2.05) is 0 Å². The van der Waals surface area contributed by atoms with Crippen LogP contribution in [0.3, 0.4) is 0 Å². The number of nitrogens with zero attached hydrogens (tertiary/aromatic N) is 1. The third-order valence-corrected chi connectivity index (χ3v) is 10.2. The van der Waals surface area contributed by atoms with Crippen molar-refractivity contribution >= 4 is 11.5 Å². The van der Waals surface area contributed by atoms with E-state index in [1.165, 1.54) is 16.8 Å². The summed E-state index contributed by atoms with van der Waals surface area (Å²) < 4.78 is 12.0. The lowest BCUT2D eigenvalue weighted by Gasteiger charge is -2.57. The van der Waals surface area contributed by atoms with Gasteiger partial charge in [-0.3, -0.25) is 4.79 Å². The summed E-state index contributed by atoms with van der Waals surface area (Å²) in [6.45, 7) is 5.20. The lowest BCUT2D eigenvalue weighted by Crippen LogP contribution is -2.55. The van der Waals surface area contributed by atoms with Crippen molar-refractivity contribution in [2.75, 3.05) is 32.2 Å². The van der Waals surface area contributed by atoms with Gasteiger partial charge in [0.15, 0.2) is 11.6 Å². The normalized spacial score (nSPS) is 39.3. The van der Waals surface area contributed by atoms with Crippen LogP contribution in [0.2, 0.25) is 0 Å². The van der Waals surface area contributed by atoms with Crippen molar-refractivity contribution in [3.05, 3.63) is 53.1 Å². The minimum Gasteiger partial charge on any atom is -0.387 e. The van der Waals surface area contributed by atoms with Gasteiger partial charge in [0.1, 0.15) is 6.10 Å². The molecule has 0 amide bonds. The number of ketones is 1. The summed E-state index contributed by atoms with van der Waals surface area (Å²) in [7, 11) is 4.15. The molecule has 1 aromatic rings. The molecule has 1 spiro atoms. The Morgan fingerprint density at radius 2 is 1.77 bits per heavy atom. The molecule has 3 fully saturated rings. The van der Waals surface area contributed by atoms with E-state index < -0.39 is 11.9 Å². The highest BCUT2D eigenvalue weighted by Gasteiger charge is 2.60. The number of aliphatic hydroxyl groups is 1. The van der Waals surface area contributed by atoms with Gasteiger partial charge in [-0.2, -0.15) is 0 Å². The zero-order valence-electron chi connectivity index (χ0n) is 21.5. The van der Waals surface area contributed by atoms with E-state index in [2.05, 4.69) is 62.3 Å². The van der Waals surface area contributed by atoms with E-state index in [0.29, 0.717) is 55.6 Å². The molecule has 188 valence electrons. The summed E-state index contributed by atoms with van der Waals surface area (Å²) in [5, 5.41) is 11.3. The van der Waals surface area contributed by atoms with E-state index in [-0.39, 0.29) is 11.2 Å². The molecule has 5 heteroatoms. The fraction of sp³-hybridized carbons (Fsp3) is 0.633. The summed E-state index contributed by atoms with van der Waals surface area (Å²) in [5.74, 6) is 1.48. The number of rotatable bonds is 3. The SMILES string of the molecule is CC(=O)C1=CC[C@H]2[C@@H]3CC=C4CC5(OCCO5)C(O)C[C@@H]4[C@H]3[C@@H](c3ccc(N(C)C)cc3)C[C@]12C. The number of allylic oxidation sites excluding steroid dienone is 3. The highest BCUT2D eigenvalue weighted by atomic mass is 16.7. The maximum atomic E-state index is 12.7. The lowest BCUT2D eigenvalue weighted by atomic mass is 9.47. The van der Waals surface area contributed by atoms with E-state index >= 15 is 0 Å². The summed E-state index contributed by atoms with van der Waals surface area (Å²) >= 11 is 0. The number of hydrogen-bond acceptors (Lipinski definition) is 5. The second-order valence-corrected chi connectivity index (χ2v) is 12.0. The predicted octanol–water partition coefficient (Wildman–Crippen LogP) is 4.86. The van der Waals surface area contributed by atoms with Gasteiger partial charge in [0.05, 0.1) is 13.2 Å². The average Bonchev–Trinajstić information content (AvgIpc) is 3.44.